The van der Waals surface area contributed by atoms with Crippen molar-refractivity contribution in [3.05, 3.63) is 11.8 Å². The first-order chi connectivity index (χ1) is 8.92. The summed E-state index contributed by atoms with van der Waals surface area (Å²) in [4.78, 5) is 8.71. The summed E-state index contributed by atoms with van der Waals surface area (Å²) in [5.74, 6) is 1.53. The molecule has 1 rings (SSSR count). The second kappa shape index (κ2) is 7.28. The molecule has 0 radical (unpaired) electrons. The topological polar surface area (TPSA) is 67.3 Å². The Balaban J connectivity index is 2.84. The summed E-state index contributed by atoms with van der Waals surface area (Å²) in [6, 6.07) is 1.97. The fourth-order valence-electron chi connectivity index (χ4n) is 1.78. The predicted octanol–water partition coefficient (Wildman–Crippen LogP) is 2.39. The molecule has 0 bridgehead atoms. The molecule has 0 saturated heterocycles. The van der Waals surface area contributed by atoms with Crippen molar-refractivity contribution in [2.45, 2.75) is 53.2 Å². The van der Waals surface area contributed by atoms with E-state index in [9.17, 15) is 0 Å². The minimum absolute atomic E-state index is 0.0838. The molecule has 19 heavy (non-hydrogen) atoms. The number of aryl methyl sites for hydroxylation is 1. The van der Waals surface area contributed by atoms with Gasteiger partial charge in [0.1, 0.15) is 0 Å². The lowest BCUT2D eigenvalue weighted by Crippen LogP contribution is -2.28. The van der Waals surface area contributed by atoms with Crippen LogP contribution >= 0.6 is 0 Å². The summed E-state index contributed by atoms with van der Waals surface area (Å²) in [5, 5.41) is 12.4. The van der Waals surface area contributed by atoms with E-state index in [1.54, 1.807) is 0 Å². The Kier molecular flexibility index (Phi) is 6.02. The minimum atomic E-state index is 0.0838. The maximum absolute atomic E-state index is 9.09. The van der Waals surface area contributed by atoms with E-state index in [-0.39, 0.29) is 18.8 Å². The molecule has 1 aromatic rings. The highest BCUT2D eigenvalue weighted by Crippen LogP contribution is 2.17. The van der Waals surface area contributed by atoms with Gasteiger partial charge in [-0.25, -0.2) is 4.98 Å². The highest BCUT2D eigenvalue weighted by atomic mass is 16.5. The van der Waals surface area contributed by atoms with Crippen molar-refractivity contribution in [2.24, 2.45) is 5.92 Å². The van der Waals surface area contributed by atoms with E-state index >= 15 is 0 Å². The number of hydrogen-bond acceptors (Lipinski definition) is 5. The maximum Gasteiger partial charge on any atom is 0.226 e. The Hall–Kier alpha value is -1.36. The monoisotopic (exact) mass is 267 g/mol. The third-order valence-electron chi connectivity index (χ3n) is 2.75. The number of nitrogens with one attached hydrogen (secondary N) is 1. The van der Waals surface area contributed by atoms with Crippen molar-refractivity contribution in [3.8, 4) is 5.88 Å². The number of nitrogens with zero attached hydrogens (tertiary/aromatic N) is 2. The third kappa shape index (κ3) is 5.42. The van der Waals surface area contributed by atoms with Crippen LogP contribution < -0.4 is 10.1 Å². The summed E-state index contributed by atoms with van der Waals surface area (Å²) < 4.78 is 5.60. The highest BCUT2D eigenvalue weighted by molar-refractivity contribution is 5.32. The smallest absolute Gasteiger partial charge is 0.226 e. The molecular formula is C14H25N3O2. The summed E-state index contributed by atoms with van der Waals surface area (Å²) in [6.07, 6.45) is 0.760. The van der Waals surface area contributed by atoms with Gasteiger partial charge in [0.25, 0.3) is 0 Å². The lowest BCUT2D eigenvalue weighted by molar-refractivity contribution is 0.232. The quantitative estimate of drug-likeness (QED) is 0.794. The molecule has 0 saturated carbocycles. The molecule has 0 fully saturated rings. The van der Waals surface area contributed by atoms with Gasteiger partial charge in [-0.2, -0.15) is 4.98 Å². The number of hydrogen-bond donors (Lipinski definition) is 2. The summed E-state index contributed by atoms with van der Waals surface area (Å²) in [7, 11) is 0. The van der Waals surface area contributed by atoms with Gasteiger partial charge in [0, 0.05) is 24.4 Å². The van der Waals surface area contributed by atoms with Crippen LogP contribution in [0.25, 0.3) is 0 Å². The number of ether oxygens (including phenoxy) is 1. The van der Waals surface area contributed by atoms with Gasteiger partial charge in [0.2, 0.25) is 11.8 Å². The van der Waals surface area contributed by atoms with Crippen LogP contribution in [0.1, 0.15) is 39.8 Å². The average molecular weight is 267 g/mol. The summed E-state index contributed by atoms with van der Waals surface area (Å²) >= 11 is 0. The minimum Gasteiger partial charge on any atom is -0.475 e. The maximum atomic E-state index is 9.09. The van der Waals surface area contributed by atoms with E-state index < -0.39 is 0 Å². The Morgan fingerprint density at radius 3 is 2.47 bits per heavy atom. The number of aliphatic hydroxyl groups is 1. The van der Waals surface area contributed by atoms with Crippen molar-refractivity contribution >= 4 is 5.95 Å². The van der Waals surface area contributed by atoms with E-state index in [2.05, 4.69) is 29.1 Å². The zero-order valence-electron chi connectivity index (χ0n) is 12.5. The summed E-state index contributed by atoms with van der Waals surface area (Å²) in [5.41, 5.74) is 0.861. The van der Waals surface area contributed by atoms with Crippen molar-refractivity contribution in [1.82, 2.24) is 9.97 Å². The molecule has 5 nitrogen and oxygen atoms in total. The van der Waals surface area contributed by atoms with E-state index in [0.29, 0.717) is 24.2 Å². The first-order valence-electron chi connectivity index (χ1n) is 6.82. The van der Waals surface area contributed by atoms with E-state index in [4.69, 9.17) is 9.84 Å². The summed E-state index contributed by atoms with van der Waals surface area (Å²) in [6.45, 7) is 10.2. The zero-order chi connectivity index (χ0) is 14.4. The fraction of sp³-hybridized carbons (Fsp3) is 0.714. The third-order valence-corrected chi connectivity index (χ3v) is 2.75. The number of anilines is 1. The van der Waals surface area contributed by atoms with Gasteiger partial charge < -0.3 is 15.2 Å². The van der Waals surface area contributed by atoms with Crippen molar-refractivity contribution in [2.75, 3.05) is 11.9 Å². The Morgan fingerprint density at radius 2 is 1.95 bits per heavy atom. The molecule has 0 amide bonds. The van der Waals surface area contributed by atoms with Crippen LogP contribution in [-0.2, 0) is 0 Å². The van der Waals surface area contributed by atoms with Crippen LogP contribution in [0, 0.1) is 12.8 Å². The number of aliphatic hydroxyl groups excluding tert-OH is 1. The predicted molar refractivity (Wildman–Crippen MR) is 76.5 cm³/mol. The number of aromatic nitrogens is 2. The van der Waals surface area contributed by atoms with Crippen LogP contribution in [0.4, 0.5) is 5.95 Å². The van der Waals surface area contributed by atoms with E-state index in [1.165, 1.54) is 0 Å². The normalized spacial score (nSPS) is 12.8. The fourth-order valence-corrected chi connectivity index (χ4v) is 1.78. The second-order valence-electron chi connectivity index (χ2n) is 5.34. The van der Waals surface area contributed by atoms with Crippen LogP contribution in [-0.4, -0.2) is 33.8 Å². The molecule has 0 spiro atoms. The standard InChI is InChI=1S/C14H25N3O2/c1-9(2)12(6-7-18)16-14-15-11(5)8-13(17-14)19-10(3)4/h8-10,12,18H,6-7H2,1-5H3,(H,15,16,17). The molecule has 0 aliphatic carbocycles. The van der Waals surface area contributed by atoms with Gasteiger partial charge in [0.15, 0.2) is 0 Å². The van der Waals surface area contributed by atoms with Gasteiger partial charge in [-0.1, -0.05) is 13.8 Å². The van der Waals surface area contributed by atoms with Crippen LogP contribution in [0.5, 0.6) is 5.88 Å². The molecule has 2 N–H and O–H groups in total. The molecule has 0 aromatic carbocycles. The van der Waals surface area contributed by atoms with Gasteiger partial charge >= 0.3 is 0 Å². The SMILES string of the molecule is Cc1cc(OC(C)C)nc(NC(CCO)C(C)C)n1. The second-order valence-corrected chi connectivity index (χ2v) is 5.34. The zero-order valence-corrected chi connectivity index (χ0v) is 12.5. The van der Waals surface area contributed by atoms with Gasteiger partial charge in [-0.3, -0.25) is 0 Å². The largest absolute Gasteiger partial charge is 0.475 e. The molecule has 1 atom stereocenters. The lowest BCUT2D eigenvalue weighted by Gasteiger charge is -2.22. The van der Waals surface area contributed by atoms with Crippen molar-refractivity contribution in [1.29, 1.82) is 0 Å². The highest BCUT2D eigenvalue weighted by Gasteiger charge is 2.15. The van der Waals surface area contributed by atoms with Gasteiger partial charge in [0.05, 0.1) is 6.10 Å². The molecule has 1 heterocycles. The Morgan fingerprint density at radius 1 is 1.26 bits per heavy atom. The molecular weight excluding hydrogens is 242 g/mol. The van der Waals surface area contributed by atoms with Crippen molar-refractivity contribution in [3.63, 3.8) is 0 Å². The molecule has 1 aromatic heterocycles. The molecule has 0 aliphatic rings. The first-order valence-corrected chi connectivity index (χ1v) is 6.82. The number of rotatable bonds is 7. The van der Waals surface area contributed by atoms with Crippen LogP contribution in [0.3, 0.4) is 0 Å². The van der Waals surface area contributed by atoms with Gasteiger partial charge in [-0.15, -0.1) is 0 Å². The van der Waals surface area contributed by atoms with Crippen LogP contribution in [0.15, 0.2) is 6.07 Å². The Bertz CT molecular complexity index is 394. The molecule has 5 heteroatoms. The molecule has 108 valence electrons. The van der Waals surface area contributed by atoms with E-state index in [0.717, 1.165) is 5.69 Å². The molecule has 0 aliphatic heterocycles. The van der Waals surface area contributed by atoms with Crippen molar-refractivity contribution < 1.29 is 9.84 Å². The molecule has 1 unspecified atom stereocenters. The van der Waals surface area contributed by atoms with E-state index in [1.807, 2.05) is 26.8 Å². The van der Waals surface area contributed by atoms with Crippen LogP contribution in [0.2, 0.25) is 0 Å². The average Bonchev–Trinajstić information content (AvgIpc) is 2.26. The first kappa shape index (κ1) is 15.7. The van der Waals surface area contributed by atoms with Gasteiger partial charge in [-0.05, 0) is 33.1 Å². The Labute approximate surface area is 115 Å². The lowest BCUT2D eigenvalue weighted by atomic mass is 10.0.